The van der Waals surface area contributed by atoms with Crippen LogP contribution in [0, 0.1) is 0 Å². The normalized spacial score (nSPS) is 17.1. The van der Waals surface area contributed by atoms with Gasteiger partial charge < -0.3 is 24.6 Å². The molecule has 1 unspecified atom stereocenters. The van der Waals surface area contributed by atoms with Gasteiger partial charge in [0.05, 0.1) is 25.5 Å². The van der Waals surface area contributed by atoms with Crippen LogP contribution in [0.1, 0.15) is 41.6 Å². The van der Waals surface area contributed by atoms with Crippen LogP contribution >= 0.6 is 0 Å². The fourth-order valence-corrected chi connectivity index (χ4v) is 4.01. The first-order valence-electron chi connectivity index (χ1n) is 10.6. The van der Waals surface area contributed by atoms with E-state index in [1.165, 1.54) is 7.11 Å². The Labute approximate surface area is 188 Å². The van der Waals surface area contributed by atoms with Gasteiger partial charge in [-0.15, -0.1) is 6.58 Å². The minimum atomic E-state index is -0.878. The van der Waals surface area contributed by atoms with Gasteiger partial charge in [-0.25, -0.2) is 4.79 Å². The topological polar surface area (TPSA) is 94.1 Å². The van der Waals surface area contributed by atoms with E-state index in [0.29, 0.717) is 61.3 Å². The van der Waals surface area contributed by atoms with Crippen LogP contribution in [0.2, 0.25) is 0 Å². The van der Waals surface area contributed by atoms with Crippen LogP contribution < -0.4 is 14.8 Å². The van der Waals surface area contributed by atoms with Crippen molar-refractivity contribution in [3.05, 3.63) is 71.0 Å². The molecule has 1 atom stereocenters. The standard InChI is InChI=1S/C25H29NO6/c1-4-6-18-22(11-10-19(23(18)30-3)24(27)26-2)31-13-5-7-21-20-15-17(25(28)29)9-8-16(20)12-14-32-21/h4,10-12,14-15,21H,1,5-9,13H2,2-3H3,(H,26,27)(H,28,29). The van der Waals surface area contributed by atoms with Gasteiger partial charge in [0.15, 0.2) is 0 Å². The van der Waals surface area contributed by atoms with Crippen molar-refractivity contribution in [2.24, 2.45) is 0 Å². The van der Waals surface area contributed by atoms with E-state index in [1.807, 2.05) is 6.08 Å². The van der Waals surface area contributed by atoms with Crippen LogP contribution in [0.15, 0.2) is 59.9 Å². The van der Waals surface area contributed by atoms with Gasteiger partial charge in [0.2, 0.25) is 0 Å². The third-order valence-corrected chi connectivity index (χ3v) is 5.61. The molecule has 0 saturated carbocycles. The number of nitrogens with one attached hydrogen (secondary N) is 1. The third kappa shape index (κ3) is 5.04. The number of allylic oxidation sites excluding steroid dienone is 3. The molecule has 170 valence electrons. The van der Waals surface area contributed by atoms with Gasteiger partial charge in [-0.05, 0) is 67.5 Å². The molecule has 3 rings (SSSR count). The summed E-state index contributed by atoms with van der Waals surface area (Å²) in [6.07, 6.45) is 10.1. The van der Waals surface area contributed by atoms with Crippen LogP contribution in [0.4, 0.5) is 0 Å². The van der Waals surface area contributed by atoms with Crippen LogP contribution in [0.3, 0.4) is 0 Å². The highest BCUT2D eigenvalue weighted by molar-refractivity contribution is 5.97. The van der Waals surface area contributed by atoms with E-state index in [4.69, 9.17) is 14.2 Å². The van der Waals surface area contributed by atoms with E-state index in [2.05, 4.69) is 11.9 Å². The maximum atomic E-state index is 12.2. The number of hydrogen-bond acceptors (Lipinski definition) is 5. The van der Waals surface area contributed by atoms with Crippen LogP contribution in [-0.4, -0.2) is 43.9 Å². The van der Waals surface area contributed by atoms with Gasteiger partial charge in [0.25, 0.3) is 5.91 Å². The molecule has 0 radical (unpaired) electrons. The minimum Gasteiger partial charge on any atom is -0.495 e. The molecule has 32 heavy (non-hydrogen) atoms. The lowest BCUT2D eigenvalue weighted by atomic mass is 9.87. The number of methoxy groups -OCH3 is 1. The summed E-state index contributed by atoms with van der Waals surface area (Å²) < 4.78 is 17.3. The summed E-state index contributed by atoms with van der Waals surface area (Å²) >= 11 is 0. The molecule has 2 N–H and O–H groups in total. The first-order chi connectivity index (χ1) is 15.5. The number of carboxylic acid groups (broad SMARTS) is 1. The van der Waals surface area contributed by atoms with Crippen LogP contribution in [-0.2, 0) is 16.0 Å². The smallest absolute Gasteiger partial charge is 0.331 e. The van der Waals surface area contributed by atoms with Gasteiger partial charge >= 0.3 is 5.97 Å². The highest BCUT2D eigenvalue weighted by atomic mass is 16.5. The molecule has 0 bridgehead atoms. The summed E-state index contributed by atoms with van der Waals surface area (Å²) in [5.74, 6) is 0.0129. The Morgan fingerprint density at radius 3 is 2.84 bits per heavy atom. The Morgan fingerprint density at radius 1 is 1.34 bits per heavy atom. The average molecular weight is 440 g/mol. The highest BCUT2D eigenvalue weighted by Gasteiger charge is 2.25. The summed E-state index contributed by atoms with van der Waals surface area (Å²) in [6, 6.07) is 3.46. The number of hydrogen-bond donors (Lipinski definition) is 2. The van der Waals surface area contributed by atoms with Gasteiger partial charge in [-0.1, -0.05) is 6.08 Å². The Hall–Kier alpha value is -3.48. The second-order valence-electron chi connectivity index (χ2n) is 7.57. The van der Waals surface area contributed by atoms with Crippen molar-refractivity contribution in [1.82, 2.24) is 5.32 Å². The van der Waals surface area contributed by atoms with Gasteiger partial charge in [-0.2, -0.15) is 0 Å². The van der Waals surface area contributed by atoms with Gasteiger partial charge in [0, 0.05) is 18.2 Å². The predicted molar refractivity (Wildman–Crippen MR) is 121 cm³/mol. The zero-order valence-corrected chi connectivity index (χ0v) is 18.5. The minimum absolute atomic E-state index is 0.189. The lowest BCUT2D eigenvalue weighted by molar-refractivity contribution is -0.132. The molecule has 0 aromatic heterocycles. The fourth-order valence-electron chi connectivity index (χ4n) is 4.01. The molecular weight excluding hydrogens is 410 g/mol. The number of carbonyl (C=O) groups is 2. The second-order valence-corrected chi connectivity index (χ2v) is 7.57. The zero-order valence-electron chi connectivity index (χ0n) is 18.5. The zero-order chi connectivity index (χ0) is 23.1. The molecule has 1 aromatic carbocycles. The first-order valence-corrected chi connectivity index (χ1v) is 10.6. The lowest BCUT2D eigenvalue weighted by Gasteiger charge is -2.27. The number of carbonyl (C=O) groups excluding carboxylic acids is 1. The van der Waals surface area contributed by atoms with E-state index in [1.54, 1.807) is 37.6 Å². The number of aliphatic carboxylic acids is 1. The highest BCUT2D eigenvalue weighted by Crippen LogP contribution is 2.35. The van der Waals surface area contributed by atoms with Crippen LogP contribution in [0.25, 0.3) is 0 Å². The lowest BCUT2D eigenvalue weighted by Crippen LogP contribution is -2.21. The molecule has 7 nitrogen and oxygen atoms in total. The van der Waals surface area contributed by atoms with E-state index >= 15 is 0 Å². The maximum absolute atomic E-state index is 12.2. The molecule has 0 spiro atoms. The summed E-state index contributed by atoms with van der Waals surface area (Å²) in [6.45, 7) is 4.23. The average Bonchev–Trinajstić information content (AvgIpc) is 2.81. The van der Waals surface area contributed by atoms with E-state index < -0.39 is 5.97 Å². The van der Waals surface area contributed by atoms with Crippen molar-refractivity contribution in [2.75, 3.05) is 20.8 Å². The summed E-state index contributed by atoms with van der Waals surface area (Å²) in [5, 5.41) is 11.9. The van der Waals surface area contributed by atoms with Crippen molar-refractivity contribution in [3.63, 3.8) is 0 Å². The fraction of sp³-hybridized carbons (Fsp3) is 0.360. The molecule has 1 heterocycles. The Balaban J connectivity index is 1.67. The monoisotopic (exact) mass is 439 g/mol. The van der Waals surface area contributed by atoms with Crippen molar-refractivity contribution >= 4 is 11.9 Å². The number of benzene rings is 1. The molecular formula is C25H29NO6. The third-order valence-electron chi connectivity index (χ3n) is 5.61. The second kappa shape index (κ2) is 10.7. The van der Waals surface area contributed by atoms with Crippen molar-refractivity contribution in [3.8, 4) is 11.5 Å². The maximum Gasteiger partial charge on any atom is 0.331 e. The molecule has 7 heteroatoms. The Morgan fingerprint density at radius 2 is 2.16 bits per heavy atom. The molecule has 1 amide bonds. The number of amides is 1. The SMILES string of the molecule is C=CCc1c(OCCCC2OC=CC3=C2C=C(C(=O)O)CC3)ccc(C(=O)NC)c1OC. The largest absolute Gasteiger partial charge is 0.495 e. The summed E-state index contributed by atoms with van der Waals surface area (Å²) in [7, 11) is 3.10. The number of rotatable bonds is 10. The first kappa shape index (κ1) is 23.2. The van der Waals surface area contributed by atoms with E-state index in [-0.39, 0.29) is 12.0 Å². The van der Waals surface area contributed by atoms with E-state index in [9.17, 15) is 14.7 Å². The molecule has 2 aliphatic rings. The summed E-state index contributed by atoms with van der Waals surface area (Å²) in [4.78, 5) is 23.5. The molecule has 1 aromatic rings. The van der Waals surface area contributed by atoms with Crippen molar-refractivity contribution < 1.29 is 28.9 Å². The molecule has 1 aliphatic carbocycles. The van der Waals surface area contributed by atoms with Gasteiger partial charge in [0.1, 0.15) is 17.6 Å². The quantitative estimate of drug-likeness (QED) is 0.423. The Kier molecular flexibility index (Phi) is 7.76. The molecule has 1 aliphatic heterocycles. The van der Waals surface area contributed by atoms with Crippen molar-refractivity contribution in [1.29, 1.82) is 0 Å². The molecule has 0 saturated heterocycles. The number of ether oxygens (including phenoxy) is 3. The summed E-state index contributed by atoms with van der Waals surface area (Å²) in [5.41, 5.74) is 3.71. The van der Waals surface area contributed by atoms with Gasteiger partial charge in [-0.3, -0.25) is 4.79 Å². The van der Waals surface area contributed by atoms with E-state index in [0.717, 1.165) is 16.7 Å². The molecule has 0 fully saturated rings. The predicted octanol–water partition coefficient (Wildman–Crippen LogP) is 3.96. The van der Waals surface area contributed by atoms with Crippen LogP contribution in [0.5, 0.6) is 11.5 Å². The Bertz CT molecular complexity index is 988. The van der Waals surface area contributed by atoms with Crippen molar-refractivity contribution in [2.45, 2.75) is 38.2 Å². The number of carboxylic acids is 1.